The summed E-state index contributed by atoms with van der Waals surface area (Å²) < 4.78 is 0.945. The van der Waals surface area contributed by atoms with Crippen molar-refractivity contribution in [2.75, 3.05) is 27.4 Å². The first-order valence-electron chi connectivity index (χ1n) is 36.0. The van der Waals surface area contributed by atoms with Crippen molar-refractivity contribution in [1.29, 1.82) is 0 Å². The first-order valence-corrected chi connectivity index (χ1v) is 39.8. The summed E-state index contributed by atoms with van der Waals surface area (Å²) in [6.07, 6.45) is 14.8. The molecule has 6 aliphatic rings. The van der Waals surface area contributed by atoms with E-state index in [1.807, 2.05) is 109 Å². The molecule has 1 aliphatic heterocycles. The van der Waals surface area contributed by atoms with Crippen LogP contribution in [-0.2, 0) is 16.9 Å². The molecule has 1 heterocycles. The molecule has 1 atom stereocenters. The van der Waals surface area contributed by atoms with E-state index in [0.717, 1.165) is 79.1 Å². The minimum atomic E-state index is -1.52. The van der Waals surface area contributed by atoms with Gasteiger partial charge in [-0.2, -0.15) is 4.99 Å². The normalized spacial score (nSPS) is 15.6. The molecule has 1 saturated heterocycles. The van der Waals surface area contributed by atoms with Crippen molar-refractivity contribution in [3.05, 3.63) is 328 Å². The summed E-state index contributed by atoms with van der Waals surface area (Å²) in [6, 6.07) is 74.5. The van der Waals surface area contributed by atoms with Crippen LogP contribution in [0, 0.1) is 0 Å². The van der Waals surface area contributed by atoms with Crippen molar-refractivity contribution in [2.45, 2.75) is 126 Å². The zero-order chi connectivity index (χ0) is 78.2. The van der Waals surface area contributed by atoms with E-state index in [2.05, 4.69) is 67.2 Å². The van der Waals surface area contributed by atoms with Gasteiger partial charge in [-0.1, -0.05) is 206 Å². The van der Waals surface area contributed by atoms with Gasteiger partial charge in [0.1, 0.15) is 0 Å². The molecule has 5 N–H and O–H groups in total. The molecule has 0 bridgehead atoms. The second kappa shape index (κ2) is 41.6. The van der Waals surface area contributed by atoms with Gasteiger partial charge < -0.3 is 20.9 Å². The molecule has 21 heteroatoms. The van der Waals surface area contributed by atoms with E-state index in [4.69, 9.17) is 73.8 Å². The number of alkyl halides is 1. The summed E-state index contributed by atoms with van der Waals surface area (Å²) in [6.45, 7) is 3.28. The lowest BCUT2D eigenvalue weighted by Crippen LogP contribution is -2.44. The molecule has 5 saturated carbocycles. The van der Waals surface area contributed by atoms with Gasteiger partial charge in [0.2, 0.25) is 6.08 Å². The number of carbonyl (C=O) groups excluding carboxylic acids is 6. The number of halogens is 7. The Labute approximate surface area is 679 Å². The zero-order valence-corrected chi connectivity index (χ0v) is 67.3. The van der Waals surface area contributed by atoms with Gasteiger partial charge in [0.05, 0.1) is 17.6 Å². The third-order valence-electron chi connectivity index (χ3n) is 18.5. The number of anilines is 3. The Bertz CT molecular complexity index is 4730. The molecular weight excluding hydrogens is 1600 g/mol. The molecule has 10 aromatic rings. The summed E-state index contributed by atoms with van der Waals surface area (Å²) in [7, 11) is -1.04. The summed E-state index contributed by atoms with van der Waals surface area (Å²) in [5, 5.41) is 32.1. The van der Waals surface area contributed by atoms with Gasteiger partial charge in [0.15, 0.2) is 28.9 Å². The smallest absolute Gasteiger partial charge is 0.427 e. The lowest BCUT2D eigenvalue weighted by atomic mass is 9.84. The van der Waals surface area contributed by atoms with Gasteiger partial charge in [-0.3, -0.25) is 29.0 Å². The maximum Gasteiger partial charge on any atom is 0.454 e. The van der Waals surface area contributed by atoms with Crippen molar-refractivity contribution in [1.82, 2.24) is 0 Å². The number of benzene rings is 10. The van der Waals surface area contributed by atoms with Crippen LogP contribution < -0.4 is 15.5 Å². The highest BCUT2D eigenvalue weighted by molar-refractivity contribution is 9.10. The number of urea groups is 1. The quantitative estimate of drug-likeness (QED) is 0.0169. The van der Waals surface area contributed by atoms with Crippen LogP contribution >= 0.6 is 89.9 Å². The largest absolute Gasteiger partial charge is 0.454 e. The Morgan fingerprint density at radius 3 is 1.28 bits per heavy atom. The minimum absolute atomic E-state index is 0.0984. The topological polar surface area (TPSA) is 208 Å². The van der Waals surface area contributed by atoms with Gasteiger partial charge in [0, 0.05) is 80.9 Å². The third-order valence-corrected chi connectivity index (χ3v) is 20.7. The van der Waals surface area contributed by atoms with E-state index in [1.54, 1.807) is 122 Å². The second-order valence-corrected chi connectivity index (χ2v) is 30.9. The first-order chi connectivity index (χ1) is 52.4. The number of aliphatic hydroxyl groups is 1. The number of rotatable bonds is 17. The highest BCUT2D eigenvalue weighted by atomic mass is 79.9. The summed E-state index contributed by atoms with van der Waals surface area (Å²) in [5.41, 5.74) is 16.7. The Morgan fingerprint density at radius 2 is 0.890 bits per heavy atom. The molecule has 13 nitrogen and oxygen atoms in total. The highest BCUT2D eigenvalue weighted by Crippen LogP contribution is 2.46. The van der Waals surface area contributed by atoms with E-state index < -0.39 is 12.8 Å². The number of Topliss-reactive ketones (excluding diaryl/α,β-unsaturated/α-hetero) is 4. The third kappa shape index (κ3) is 27.6. The number of amides is 2. The van der Waals surface area contributed by atoms with E-state index in [1.165, 1.54) is 84.6 Å². The number of aliphatic imine (C=N–C) groups is 1. The molecule has 0 radical (unpaired) electrons. The fraction of sp³-hybridized carbons (Fsp3) is 0.250. The Morgan fingerprint density at radius 1 is 0.505 bits per heavy atom. The molecule has 109 heavy (non-hydrogen) atoms. The van der Waals surface area contributed by atoms with Crippen LogP contribution in [0.25, 0.3) is 0 Å². The van der Waals surface area contributed by atoms with Crippen LogP contribution in [0.4, 0.5) is 27.5 Å². The average molecular weight is 1690 g/mol. The number of nitrogen functional groups attached to an aromatic ring is 1. The maximum atomic E-state index is 13.5. The van der Waals surface area contributed by atoms with E-state index in [-0.39, 0.29) is 41.5 Å². The number of hydrogen-bond donors (Lipinski definition) is 4. The van der Waals surface area contributed by atoms with Crippen molar-refractivity contribution < 1.29 is 43.9 Å². The standard InChI is InChI=1S/C24H20Cl2N2O2.C18H17ClO.C11H11BrO.C11H12O.C8H7BrO.C7H4ClNO.C6H6ClN.C3H7BO2/c25-19-6-10-21(11-7-19)27-15-24(30,18-3-1-2-17(14-18)16-4-5-16)28(23(27)29)22-12-8-20(26)9-13-22;19-17-9-4-13(5-10-17)6-11-18(20)16-3-1-2-15(12-16)14-7-8-14;12-7-11(13)10-3-1-2-9(6-10)8-4-5-8;1-8(12)10-3-2-4-11(7-10)9-5-6-9;1-6(10)7-3-2-4-8(9)5-7;8-6-1-3-7(4-2-6)9-5-10;7-5-1-3-6(8)4-2-5;5-4(6)3-1-2-3/h1-3,6-14,16,30H,4-5,15H2;1-5,9-10,12,14H,6-8,11H2;1-3,6,8H,4-5,7H2;2-4,7,9H,5-6H2,1H3;2-5H,1H3;1-4H;1-4H,8H2;3,5-6H,1-2H2. The first kappa shape index (κ1) is 84.7. The number of nitrogens with two attached hydrogens (primary N) is 1. The van der Waals surface area contributed by atoms with Gasteiger partial charge >= 0.3 is 13.1 Å². The van der Waals surface area contributed by atoms with E-state index in [0.29, 0.717) is 61.3 Å². The van der Waals surface area contributed by atoms with Gasteiger partial charge in [-0.05, 0) is 268 Å². The molecule has 16 rings (SSSR count). The lowest BCUT2D eigenvalue weighted by Gasteiger charge is -2.32. The highest BCUT2D eigenvalue weighted by Gasteiger charge is 2.51. The van der Waals surface area contributed by atoms with Gasteiger partial charge in [-0.15, -0.1) is 0 Å². The molecule has 10 aromatic carbocycles. The molecule has 0 spiro atoms. The number of ketones is 4. The van der Waals surface area contributed by atoms with Crippen LogP contribution in [0.2, 0.25) is 30.9 Å². The predicted molar refractivity (Wildman–Crippen MR) is 450 cm³/mol. The van der Waals surface area contributed by atoms with Crippen molar-refractivity contribution in [3.8, 4) is 0 Å². The Kier molecular flexibility index (Phi) is 32.4. The number of carbonyl (C=O) groups is 5. The SMILES string of the molecule is CC(=O)c1cccc(Br)c1.CC(=O)c1cccc(C2CC2)c1.Nc1ccc(Cl)cc1.O=C(CBr)c1cccc(C2CC2)c1.O=C(CCc1ccc(Cl)cc1)c1cccc(C2CC2)c1.O=C1N(c2ccc(Cl)cc2)CC(O)(c2cccc(C3CC3)c2)N1c1ccc(Cl)cc1.O=C=Nc1ccc(Cl)cc1.OB(O)C1CC1. The van der Waals surface area contributed by atoms with Crippen LogP contribution in [0.1, 0.15) is 183 Å². The second-order valence-electron chi connectivity index (χ2n) is 27.3. The molecule has 2 amide bonds. The maximum absolute atomic E-state index is 13.5. The number of aryl methyl sites for hydroxylation is 1. The molecular formula is C88H84BBr2Cl5N4O9. The summed E-state index contributed by atoms with van der Waals surface area (Å²) in [5.74, 6) is 3.57. The molecule has 0 aromatic heterocycles. The fourth-order valence-corrected chi connectivity index (χ4v) is 12.9. The Hall–Kier alpha value is -8.32. The number of isocyanates is 1. The van der Waals surface area contributed by atoms with Crippen molar-refractivity contribution in [3.63, 3.8) is 0 Å². The minimum Gasteiger partial charge on any atom is -0.427 e. The summed E-state index contributed by atoms with van der Waals surface area (Å²) in [4.78, 5) is 75.1. The average Bonchev–Trinajstić information content (AvgIpc) is 1.59. The van der Waals surface area contributed by atoms with Crippen LogP contribution in [-0.4, -0.2) is 69.4 Å². The van der Waals surface area contributed by atoms with Crippen LogP contribution in [0.3, 0.4) is 0 Å². The number of hydrogen-bond acceptors (Lipinski definition) is 11. The summed E-state index contributed by atoms with van der Waals surface area (Å²) >= 11 is 35.5. The van der Waals surface area contributed by atoms with E-state index in [9.17, 15) is 33.9 Å². The molecule has 6 fully saturated rings. The van der Waals surface area contributed by atoms with Gasteiger partial charge in [0.25, 0.3) is 0 Å². The molecule has 5 aliphatic carbocycles. The number of nitrogens with zero attached hydrogens (tertiary/aromatic N) is 3. The Balaban J connectivity index is 0.000000152. The van der Waals surface area contributed by atoms with E-state index >= 15 is 0 Å². The molecule has 562 valence electrons. The van der Waals surface area contributed by atoms with Gasteiger partial charge in [-0.25, -0.2) is 9.59 Å². The lowest BCUT2D eigenvalue weighted by molar-refractivity contribution is 0.0654. The number of β-amino-alcohol motifs (C(OH)–C–C–N with tert-alkyl or cyclic N) is 1. The van der Waals surface area contributed by atoms with Crippen LogP contribution in [0.5, 0.6) is 0 Å². The fourth-order valence-electron chi connectivity index (χ4n) is 11.5. The van der Waals surface area contributed by atoms with Crippen LogP contribution in [0.15, 0.2) is 252 Å². The zero-order valence-electron chi connectivity index (χ0n) is 60.3. The van der Waals surface area contributed by atoms with Crippen molar-refractivity contribution >= 4 is 155 Å². The molecule has 1 unspecified atom stereocenters. The predicted octanol–water partition coefficient (Wildman–Crippen LogP) is 23.6. The monoisotopic (exact) mass is 1680 g/mol. The van der Waals surface area contributed by atoms with Crippen molar-refractivity contribution in [2.24, 2.45) is 4.99 Å².